The van der Waals surface area contributed by atoms with Crippen LogP contribution in [0.1, 0.15) is 11.8 Å². The standard InChI is InChI=1S/C12H15ClFN3O5/c13-2-1-6-3-17(11(21)16-9(6)15)10-7(19)8(20)12(4-14,5-18)22-10/h1-3,7-8,10,18-20H,4-5H2,(H2,15,16,21)/t7-,8-,10+,12+/m0/s1. The summed E-state index contributed by atoms with van der Waals surface area (Å²) < 4.78 is 19.2. The van der Waals surface area contributed by atoms with E-state index in [1.54, 1.807) is 0 Å². The molecule has 0 spiro atoms. The molecule has 1 aromatic heterocycles. The van der Waals surface area contributed by atoms with Crippen LogP contribution in [0.3, 0.4) is 0 Å². The van der Waals surface area contributed by atoms with Gasteiger partial charge in [-0.2, -0.15) is 4.98 Å². The zero-order valence-electron chi connectivity index (χ0n) is 11.3. The predicted octanol–water partition coefficient (Wildman–Crippen LogP) is -1.01. The molecular weight excluding hydrogens is 321 g/mol. The molecule has 1 saturated heterocycles. The topological polar surface area (TPSA) is 131 Å². The summed E-state index contributed by atoms with van der Waals surface area (Å²) in [5.74, 6) is -0.0925. The molecular formula is C12H15ClFN3O5. The Bertz CT molecular complexity index is 634. The van der Waals surface area contributed by atoms with Gasteiger partial charge in [-0.3, -0.25) is 4.57 Å². The van der Waals surface area contributed by atoms with Crippen LogP contribution >= 0.6 is 11.6 Å². The van der Waals surface area contributed by atoms with Crippen molar-refractivity contribution in [3.05, 3.63) is 27.8 Å². The summed E-state index contributed by atoms with van der Waals surface area (Å²) in [5.41, 5.74) is 4.09. The van der Waals surface area contributed by atoms with Crippen molar-refractivity contribution < 1.29 is 24.4 Å². The third-order valence-corrected chi connectivity index (χ3v) is 3.66. The molecule has 0 saturated carbocycles. The summed E-state index contributed by atoms with van der Waals surface area (Å²) in [4.78, 5) is 15.5. The van der Waals surface area contributed by atoms with Gasteiger partial charge in [0.2, 0.25) is 0 Å². The molecule has 0 aliphatic carbocycles. The fraction of sp³-hybridized carbons (Fsp3) is 0.500. The van der Waals surface area contributed by atoms with Gasteiger partial charge in [0, 0.05) is 17.3 Å². The Labute approximate surface area is 129 Å². The number of aromatic nitrogens is 2. The van der Waals surface area contributed by atoms with Gasteiger partial charge in [-0.05, 0) is 6.08 Å². The SMILES string of the molecule is Nc1nc(=O)n([C@@H]2O[C@@](CO)(CF)[C@@H](O)[C@@H]2O)cc1C=CCl. The van der Waals surface area contributed by atoms with E-state index in [0.717, 1.165) is 10.1 Å². The molecule has 1 aliphatic heterocycles. The summed E-state index contributed by atoms with van der Waals surface area (Å²) in [6.45, 7) is -2.12. The van der Waals surface area contributed by atoms with Crippen molar-refractivity contribution in [2.75, 3.05) is 19.0 Å². The highest BCUT2D eigenvalue weighted by atomic mass is 35.5. The van der Waals surface area contributed by atoms with Gasteiger partial charge in [0.05, 0.1) is 6.61 Å². The molecule has 10 heteroatoms. The van der Waals surface area contributed by atoms with Gasteiger partial charge in [0.1, 0.15) is 24.7 Å². The van der Waals surface area contributed by atoms with E-state index in [1.807, 2.05) is 0 Å². The molecule has 0 aromatic carbocycles. The molecule has 5 N–H and O–H groups in total. The van der Waals surface area contributed by atoms with Crippen LogP contribution in [-0.2, 0) is 4.74 Å². The fourth-order valence-corrected chi connectivity index (χ4v) is 2.36. The summed E-state index contributed by atoms with van der Waals surface area (Å²) in [7, 11) is 0. The number of halogens is 2. The first-order valence-electron chi connectivity index (χ1n) is 6.26. The number of hydrogen-bond acceptors (Lipinski definition) is 7. The number of ether oxygens (including phenoxy) is 1. The summed E-state index contributed by atoms with van der Waals surface area (Å²) in [5, 5.41) is 29.1. The Morgan fingerprint density at radius 1 is 1.59 bits per heavy atom. The molecule has 122 valence electrons. The van der Waals surface area contributed by atoms with Crippen molar-refractivity contribution >= 4 is 23.5 Å². The second-order valence-corrected chi connectivity index (χ2v) is 5.12. The van der Waals surface area contributed by atoms with E-state index in [1.165, 1.54) is 12.3 Å². The molecule has 1 aliphatic rings. The number of nitrogen functional groups attached to an aromatic ring is 1. The number of aliphatic hydroxyl groups is 3. The van der Waals surface area contributed by atoms with Gasteiger partial charge >= 0.3 is 5.69 Å². The number of anilines is 1. The minimum atomic E-state index is -2.01. The average molecular weight is 336 g/mol. The van der Waals surface area contributed by atoms with E-state index < -0.39 is 43.0 Å². The minimum absolute atomic E-state index is 0.0925. The average Bonchev–Trinajstić information content (AvgIpc) is 2.75. The van der Waals surface area contributed by atoms with E-state index in [4.69, 9.17) is 22.1 Å². The Morgan fingerprint density at radius 3 is 2.77 bits per heavy atom. The lowest BCUT2D eigenvalue weighted by Crippen LogP contribution is -2.48. The van der Waals surface area contributed by atoms with Crippen LogP contribution in [-0.4, -0.2) is 56.0 Å². The lowest BCUT2D eigenvalue weighted by Gasteiger charge is -2.26. The Hall–Kier alpha value is -1.52. The highest BCUT2D eigenvalue weighted by Gasteiger charge is 2.55. The lowest BCUT2D eigenvalue weighted by molar-refractivity contribution is -0.138. The van der Waals surface area contributed by atoms with Gasteiger partial charge in [-0.25, -0.2) is 9.18 Å². The van der Waals surface area contributed by atoms with Gasteiger partial charge in [-0.15, -0.1) is 0 Å². The second-order valence-electron chi connectivity index (χ2n) is 4.86. The normalized spacial score (nSPS) is 32.0. The third-order valence-electron chi connectivity index (χ3n) is 3.53. The Balaban J connectivity index is 2.49. The molecule has 0 bridgehead atoms. The first-order chi connectivity index (χ1) is 10.4. The van der Waals surface area contributed by atoms with Crippen LogP contribution in [0.4, 0.5) is 10.2 Å². The van der Waals surface area contributed by atoms with E-state index in [-0.39, 0.29) is 11.4 Å². The highest BCUT2D eigenvalue weighted by Crippen LogP contribution is 2.37. The van der Waals surface area contributed by atoms with Gasteiger partial charge < -0.3 is 25.8 Å². The van der Waals surface area contributed by atoms with Crippen molar-refractivity contribution in [2.24, 2.45) is 0 Å². The molecule has 0 radical (unpaired) electrons. The maximum Gasteiger partial charge on any atom is 0.351 e. The Kier molecular flexibility index (Phi) is 4.83. The third kappa shape index (κ3) is 2.61. The first-order valence-corrected chi connectivity index (χ1v) is 6.70. The molecule has 22 heavy (non-hydrogen) atoms. The Morgan fingerprint density at radius 2 is 2.27 bits per heavy atom. The summed E-state index contributed by atoms with van der Waals surface area (Å²) >= 11 is 5.45. The van der Waals surface area contributed by atoms with Crippen LogP contribution < -0.4 is 11.4 Å². The highest BCUT2D eigenvalue weighted by molar-refractivity contribution is 6.27. The zero-order valence-corrected chi connectivity index (χ0v) is 12.0. The van der Waals surface area contributed by atoms with Crippen molar-refractivity contribution in [2.45, 2.75) is 24.0 Å². The zero-order chi connectivity index (χ0) is 16.5. The van der Waals surface area contributed by atoms with E-state index >= 15 is 0 Å². The van der Waals surface area contributed by atoms with Crippen LogP contribution in [0.5, 0.6) is 0 Å². The minimum Gasteiger partial charge on any atom is -0.393 e. The second kappa shape index (κ2) is 6.31. The van der Waals surface area contributed by atoms with Crippen molar-refractivity contribution in [1.29, 1.82) is 0 Å². The number of nitrogens with zero attached hydrogens (tertiary/aromatic N) is 2. The van der Waals surface area contributed by atoms with Crippen LogP contribution in [0.2, 0.25) is 0 Å². The summed E-state index contributed by atoms with van der Waals surface area (Å²) in [6.07, 6.45) is -2.23. The van der Waals surface area contributed by atoms with E-state index in [2.05, 4.69) is 4.98 Å². The molecule has 0 unspecified atom stereocenters. The smallest absolute Gasteiger partial charge is 0.351 e. The van der Waals surface area contributed by atoms with Crippen molar-refractivity contribution in [3.8, 4) is 0 Å². The van der Waals surface area contributed by atoms with Crippen LogP contribution in [0.15, 0.2) is 16.5 Å². The predicted molar refractivity (Wildman–Crippen MR) is 75.7 cm³/mol. The van der Waals surface area contributed by atoms with E-state index in [9.17, 15) is 24.5 Å². The molecule has 2 heterocycles. The molecule has 4 atom stereocenters. The first kappa shape index (κ1) is 16.8. The van der Waals surface area contributed by atoms with Crippen LogP contribution in [0, 0.1) is 0 Å². The molecule has 1 fully saturated rings. The van der Waals surface area contributed by atoms with Gasteiger partial charge in [0.25, 0.3) is 0 Å². The van der Waals surface area contributed by atoms with Gasteiger partial charge in [-0.1, -0.05) is 11.6 Å². The number of alkyl halides is 1. The lowest BCUT2D eigenvalue weighted by atomic mass is 9.98. The maximum atomic E-state index is 13.1. The summed E-state index contributed by atoms with van der Waals surface area (Å²) in [6, 6.07) is 0. The molecule has 1 aromatic rings. The number of hydrogen-bond donors (Lipinski definition) is 4. The maximum absolute atomic E-state index is 13.1. The van der Waals surface area contributed by atoms with Crippen molar-refractivity contribution in [1.82, 2.24) is 9.55 Å². The molecule has 2 rings (SSSR count). The number of aliphatic hydroxyl groups excluding tert-OH is 3. The van der Waals surface area contributed by atoms with Gasteiger partial charge in [0.15, 0.2) is 11.8 Å². The molecule has 8 nitrogen and oxygen atoms in total. The van der Waals surface area contributed by atoms with Crippen molar-refractivity contribution in [3.63, 3.8) is 0 Å². The number of nitrogens with two attached hydrogens (primary N) is 1. The molecule has 0 amide bonds. The van der Waals surface area contributed by atoms with Crippen LogP contribution in [0.25, 0.3) is 6.08 Å². The largest absolute Gasteiger partial charge is 0.393 e. The quantitative estimate of drug-likeness (QED) is 0.554. The van der Waals surface area contributed by atoms with E-state index in [0.29, 0.717) is 0 Å². The monoisotopic (exact) mass is 335 g/mol. The number of rotatable bonds is 4. The fourth-order valence-electron chi connectivity index (χ4n) is 2.23.